The molecule has 5 amide bonds. The van der Waals surface area contributed by atoms with E-state index < -0.39 is 23.5 Å². The van der Waals surface area contributed by atoms with Crippen molar-refractivity contribution in [3.8, 4) is 0 Å². The van der Waals surface area contributed by atoms with Gasteiger partial charge in [0, 0.05) is 18.2 Å². The first-order valence-electron chi connectivity index (χ1n) is 11.9. The van der Waals surface area contributed by atoms with E-state index in [1.54, 1.807) is 6.92 Å². The zero-order valence-corrected chi connectivity index (χ0v) is 19.1. The Morgan fingerprint density at radius 3 is 2.39 bits per heavy atom. The third-order valence-corrected chi connectivity index (χ3v) is 7.35. The number of hydrogen-bond donors (Lipinski definition) is 3. The molecule has 1 unspecified atom stereocenters. The van der Waals surface area contributed by atoms with E-state index in [-0.39, 0.29) is 17.7 Å². The molecular formula is C24H33N5O4. The molecule has 1 spiro atoms. The highest BCUT2D eigenvalue weighted by atomic mass is 16.2. The summed E-state index contributed by atoms with van der Waals surface area (Å²) in [5.74, 6) is -0.881. The first kappa shape index (κ1) is 23.2. The zero-order valence-electron chi connectivity index (χ0n) is 19.1. The molecule has 0 aromatic heterocycles. The number of nitrogens with one attached hydrogen (secondary N) is 2. The Morgan fingerprint density at radius 2 is 1.79 bits per heavy atom. The number of urea groups is 1. The highest BCUT2D eigenvalue weighted by molar-refractivity contribution is 6.11. The lowest BCUT2D eigenvalue weighted by molar-refractivity contribution is -0.136. The number of amides is 5. The number of hydrogen-bond acceptors (Lipinski definition) is 5. The van der Waals surface area contributed by atoms with Crippen molar-refractivity contribution < 1.29 is 19.2 Å². The zero-order chi connectivity index (χ0) is 23.6. The molecule has 9 heteroatoms. The first-order chi connectivity index (χ1) is 15.8. The van der Waals surface area contributed by atoms with E-state index in [2.05, 4.69) is 15.5 Å². The first-order valence-corrected chi connectivity index (χ1v) is 11.9. The van der Waals surface area contributed by atoms with Crippen molar-refractivity contribution in [1.29, 1.82) is 0 Å². The van der Waals surface area contributed by atoms with Crippen LogP contribution in [0.2, 0.25) is 0 Å². The van der Waals surface area contributed by atoms with E-state index in [1.165, 1.54) is 0 Å². The summed E-state index contributed by atoms with van der Waals surface area (Å²) < 4.78 is 0. The Hall–Kier alpha value is -2.94. The standard InChI is InChI=1S/C24H33N5O4/c1-16(29-22(32)24(27-23(29)33)11-2-3-12-24)21(31)26-19-6-4-17(5-7-19)8-13-28-14-9-18(10-15-28)20(25)30/h4-7,16,18H,2-3,8-15H2,1H3,(H2,25,30)(H,26,31)(H,27,33). The third kappa shape index (κ3) is 4.88. The number of benzene rings is 1. The fourth-order valence-corrected chi connectivity index (χ4v) is 5.16. The molecule has 3 aliphatic rings. The summed E-state index contributed by atoms with van der Waals surface area (Å²) in [6.07, 6.45) is 5.57. The van der Waals surface area contributed by atoms with Crippen LogP contribution in [0.4, 0.5) is 10.5 Å². The Bertz CT molecular complexity index is 917. The molecule has 33 heavy (non-hydrogen) atoms. The molecule has 1 saturated carbocycles. The molecule has 9 nitrogen and oxygen atoms in total. The summed E-state index contributed by atoms with van der Waals surface area (Å²) in [5, 5.41) is 5.64. The number of primary amides is 1. The normalized spacial score (nSPS) is 21.9. The summed E-state index contributed by atoms with van der Waals surface area (Å²) in [7, 11) is 0. The highest BCUT2D eigenvalue weighted by Gasteiger charge is 2.54. The molecule has 2 heterocycles. The van der Waals surface area contributed by atoms with Crippen LogP contribution in [0.5, 0.6) is 0 Å². The second kappa shape index (κ2) is 9.51. The summed E-state index contributed by atoms with van der Waals surface area (Å²) in [6, 6.07) is 6.24. The topological polar surface area (TPSA) is 125 Å². The molecule has 2 saturated heterocycles. The van der Waals surface area contributed by atoms with Crippen molar-refractivity contribution in [3.05, 3.63) is 29.8 Å². The van der Waals surface area contributed by atoms with E-state index in [0.717, 1.165) is 62.2 Å². The van der Waals surface area contributed by atoms with Gasteiger partial charge in [-0.25, -0.2) is 9.69 Å². The second-order valence-corrected chi connectivity index (χ2v) is 9.52. The van der Waals surface area contributed by atoms with Gasteiger partial charge in [0.1, 0.15) is 11.6 Å². The second-order valence-electron chi connectivity index (χ2n) is 9.52. The summed E-state index contributed by atoms with van der Waals surface area (Å²) >= 11 is 0. The predicted octanol–water partition coefficient (Wildman–Crippen LogP) is 1.62. The molecule has 1 aliphatic carbocycles. The minimum absolute atomic E-state index is 0.00263. The number of carbonyl (C=O) groups is 4. The molecule has 1 aromatic carbocycles. The number of piperidine rings is 1. The van der Waals surface area contributed by atoms with Crippen LogP contribution in [0.3, 0.4) is 0 Å². The highest BCUT2D eigenvalue weighted by Crippen LogP contribution is 2.35. The fourth-order valence-electron chi connectivity index (χ4n) is 5.16. The number of rotatable bonds is 7. The maximum Gasteiger partial charge on any atom is 0.325 e. The van der Waals surface area contributed by atoms with Crippen molar-refractivity contribution in [2.75, 3.05) is 25.0 Å². The van der Waals surface area contributed by atoms with Crippen molar-refractivity contribution >= 4 is 29.4 Å². The molecule has 4 N–H and O–H groups in total. The Balaban J connectivity index is 1.27. The van der Waals surface area contributed by atoms with Crippen LogP contribution in [0.15, 0.2) is 24.3 Å². The quantitative estimate of drug-likeness (QED) is 0.539. The van der Waals surface area contributed by atoms with E-state index in [9.17, 15) is 19.2 Å². The predicted molar refractivity (Wildman–Crippen MR) is 123 cm³/mol. The monoisotopic (exact) mass is 455 g/mol. The molecule has 0 radical (unpaired) electrons. The van der Waals surface area contributed by atoms with E-state index in [0.29, 0.717) is 18.5 Å². The lowest BCUT2D eigenvalue weighted by Crippen LogP contribution is -2.48. The van der Waals surface area contributed by atoms with Crippen molar-refractivity contribution in [2.24, 2.45) is 11.7 Å². The molecule has 178 valence electrons. The lowest BCUT2D eigenvalue weighted by atomic mass is 9.96. The maximum absolute atomic E-state index is 12.9. The minimum atomic E-state index is -0.888. The van der Waals surface area contributed by atoms with Gasteiger partial charge in [-0.15, -0.1) is 0 Å². The van der Waals surface area contributed by atoms with Crippen LogP contribution in [0, 0.1) is 5.92 Å². The molecule has 4 rings (SSSR count). The van der Waals surface area contributed by atoms with Gasteiger partial charge in [0.2, 0.25) is 11.8 Å². The fraction of sp³-hybridized carbons (Fsp3) is 0.583. The van der Waals surface area contributed by atoms with Gasteiger partial charge in [-0.2, -0.15) is 0 Å². The van der Waals surface area contributed by atoms with E-state index in [4.69, 9.17) is 5.73 Å². The van der Waals surface area contributed by atoms with Gasteiger partial charge in [0.05, 0.1) is 0 Å². The van der Waals surface area contributed by atoms with Crippen molar-refractivity contribution in [3.63, 3.8) is 0 Å². The number of nitrogens with two attached hydrogens (primary N) is 1. The Morgan fingerprint density at radius 1 is 1.15 bits per heavy atom. The summed E-state index contributed by atoms with van der Waals surface area (Å²) in [6.45, 7) is 4.24. The molecule has 2 aliphatic heterocycles. The van der Waals surface area contributed by atoms with Gasteiger partial charge < -0.3 is 21.3 Å². The Kier molecular flexibility index (Phi) is 6.69. The van der Waals surface area contributed by atoms with E-state index in [1.807, 2.05) is 24.3 Å². The van der Waals surface area contributed by atoms with Crippen LogP contribution in [-0.4, -0.2) is 64.8 Å². The van der Waals surface area contributed by atoms with Crippen molar-refractivity contribution in [2.45, 2.75) is 63.5 Å². The number of anilines is 1. The van der Waals surface area contributed by atoms with Crippen LogP contribution in [0.1, 0.15) is 51.0 Å². The van der Waals surface area contributed by atoms with Gasteiger partial charge in [0.15, 0.2) is 0 Å². The number of carbonyl (C=O) groups excluding carboxylic acids is 4. The van der Waals surface area contributed by atoms with Crippen LogP contribution in [0.25, 0.3) is 0 Å². The van der Waals surface area contributed by atoms with Crippen LogP contribution >= 0.6 is 0 Å². The Labute approximate surface area is 194 Å². The van der Waals surface area contributed by atoms with E-state index >= 15 is 0 Å². The average Bonchev–Trinajstić information content (AvgIpc) is 3.37. The summed E-state index contributed by atoms with van der Waals surface area (Å²) in [5.41, 5.74) is 6.35. The van der Waals surface area contributed by atoms with Crippen molar-refractivity contribution in [1.82, 2.24) is 15.1 Å². The smallest absolute Gasteiger partial charge is 0.325 e. The molecule has 3 fully saturated rings. The number of imide groups is 1. The molecule has 1 atom stereocenters. The number of nitrogens with zero attached hydrogens (tertiary/aromatic N) is 2. The third-order valence-electron chi connectivity index (χ3n) is 7.35. The maximum atomic E-state index is 12.9. The SMILES string of the molecule is CC(C(=O)Nc1ccc(CCN2CCC(C(N)=O)CC2)cc1)N1C(=O)NC2(CCCC2)C1=O. The largest absolute Gasteiger partial charge is 0.369 e. The lowest BCUT2D eigenvalue weighted by Gasteiger charge is -2.30. The van der Waals surface area contributed by atoms with Gasteiger partial charge >= 0.3 is 6.03 Å². The summed E-state index contributed by atoms with van der Waals surface area (Å²) in [4.78, 5) is 52.8. The molecule has 1 aromatic rings. The van der Waals surface area contributed by atoms with Gasteiger partial charge in [0.25, 0.3) is 5.91 Å². The average molecular weight is 456 g/mol. The van der Waals surface area contributed by atoms with Crippen LogP contribution in [-0.2, 0) is 20.8 Å². The van der Waals surface area contributed by atoms with Gasteiger partial charge in [-0.1, -0.05) is 25.0 Å². The minimum Gasteiger partial charge on any atom is -0.369 e. The number of likely N-dealkylation sites (tertiary alicyclic amines) is 1. The van der Waals surface area contributed by atoms with Gasteiger partial charge in [-0.05, 0) is 69.8 Å². The molecular weight excluding hydrogens is 422 g/mol. The van der Waals surface area contributed by atoms with Crippen LogP contribution < -0.4 is 16.4 Å². The van der Waals surface area contributed by atoms with Gasteiger partial charge in [-0.3, -0.25) is 14.4 Å². The molecule has 0 bridgehead atoms.